The van der Waals surface area contributed by atoms with Crippen molar-refractivity contribution in [3.8, 4) is 11.5 Å². The van der Waals surface area contributed by atoms with Gasteiger partial charge in [-0.15, -0.1) is 0 Å². The van der Waals surface area contributed by atoms with Crippen molar-refractivity contribution in [3.63, 3.8) is 0 Å². The van der Waals surface area contributed by atoms with E-state index in [9.17, 15) is 29.6 Å². The van der Waals surface area contributed by atoms with Crippen LogP contribution in [0.25, 0.3) is 0 Å². The predicted molar refractivity (Wildman–Crippen MR) is 143 cm³/mol. The minimum absolute atomic E-state index is 0.0392. The number of benzene rings is 2. The third-order valence-electron chi connectivity index (χ3n) is 6.41. The highest BCUT2D eigenvalue weighted by molar-refractivity contribution is 5.85. The van der Waals surface area contributed by atoms with E-state index in [-0.39, 0.29) is 29.9 Å². The summed E-state index contributed by atoms with van der Waals surface area (Å²) in [4.78, 5) is 46.8. The second kappa shape index (κ2) is 13.1. The van der Waals surface area contributed by atoms with Crippen molar-refractivity contribution in [2.24, 2.45) is 11.8 Å². The molecule has 0 bridgehead atoms. The Bertz CT molecular complexity index is 1150. The van der Waals surface area contributed by atoms with Gasteiger partial charge in [-0.2, -0.15) is 0 Å². The van der Waals surface area contributed by atoms with Crippen molar-refractivity contribution < 1.29 is 33.9 Å². The zero-order chi connectivity index (χ0) is 28.6. The number of carboxylic acids is 1. The molecule has 11 heteroatoms. The second-order valence-corrected chi connectivity index (χ2v) is 10.7. The van der Waals surface area contributed by atoms with Gasteiger partial charge in [0.05, 0.1) is 4.92 Å². The number of nitrogens with one attached hydrogen (secondary N) is 2. The van der Waals surface area contributed by atoms with Gasteiger partial charge in [-0.1, -0.05) is 12.1 Å². The molecule has 1 fully saturated rings. The summed E-state index contributed by atoms with van der Waals surface area (Å²) in [7, 11) is 0. The molecule has 11 nitrogen and oxygen atoms in total. The molecule has 3 N–H and O–H groups in total. The van der Waals surface area contributed by atoms with Crippen molar-refractivity contribution in [3.05, 3.63) is 64.2 Å². The first kappa shape index (κ1) is 29.4. The second-order valence-electron chi connectivity index (χ2n) is 10.7. The summed E-state index contributed by atoms with van der Waals surface area (Å²) < 4.78 is 10.9. The lowest BCUT2D eigenvalue weighted by Crippen LogP contribution is -2.46. The van der Waals surface area contributed by atoms with Gasteiger partial charge in [-0.05, 0) is 82.2 Å². The van der Waals surface area contributed by atoms with E-state index < -0.39 is 28.6 Å². The monoisotopic (exact) mass is 541 g/mol. The maximum absolute atomic E-state index is 12.8. The lowest BCUT2D eigenvalue weighted by Gasteiger charge is -2.29. The van der Waals surface area contributed by atoms with Crippen LogP contribution in [0.1, 0.15) is 52.0 Å². The Morgan fingerprint density at radius 3 is 2.08 bits per heavy atom. The molecule has 1 aliphatic rings. The van der Waals surface area contributed by atoms with E-state index >= 15 is 0 Å². The molecule has 0 radical (unpaired) electrons. The summed E-state index contributed by atoms with van der Waals surface area (Å²) in [6, 6.07) is 11.4. The third kappa shape index (κ3) is 9.59. The lowest BCUT2D eigenvalue weighted by atomic mass is 9.81. The van der Waals surface area contributed by atoms with Crippen LogP contribution in [0, 0.1) is 22.0 Å². The number of nitro benzene ring substituents is 1. The molecular formula is C28H35N3O8. The third-order valence-corrected chi connectivity index (χ3v) is 6.41. The highest BCUT2D eigenvalue weighted by Gasteiger charge is 2.30. The molecular weight excluding hydrogens is 506 g/mol. The molecule has 0 unspecified atom stereocenters. The molecule has 210 valence electrons. The van der Waals surface area contributed by atoms with Crippen LogP contribution in [0.3, 0.4) is 0 Å². The number of rotatable bonds is 10. The van der Waals surface area contributed by atoms with Gasteiger partial charge in [0.25, 0.3) is 5.69 Å². The standard InChI is InChI=1S/C28H35N3O8/c1-28(2,3)39-27(35)29-17-19-4-8-20(9-5-19)25(32)30-24(26(33)34)16-18-6-12-22(13-7-18)38-23-14-10-21(11-15-23)31(36)37/h6-7,10-15,19-20,24H,4-5,8-9,16-17H2,1-3H3,(H,29,35)(H,30,32)(H,33,34)/t19?,20?,24-/m0/s1. The fraction of sp³-hybridized carbons (Fsp3) is 0.464. The average Bonchev–Trinajstić information content (AvgIpc) is 2.87. The largest absolute Gasteiger partial charge is 0.480 e. The fourth-order valence-electron chi connectivity index (χ4n) is 4.36. The number of alkyl carbamates (subject to hydrolysis) is 1. The lowest BCUT2D eigenvalue weighted by molar-refractivity contribution is -0.384. The Balaban J connectivity index is 1.46. The van der Waals surface area contributed by atoms with Crippen LogP contribution in [0.4, 0.5) is 10.5 Å². The molecule has 0 aliphatic heterocycles. The first-order valence-corrected chi connectivity index (χ1v) is 12.9. The highest BCUT2D eigenvalue weighted by Crippen LogP contribution is 2.29. The minimum atomic E-state index is -1.12. The summed E-state index contributed by atoms with van der Waals surface area (Å²) >= 11 is 0. The number of amides is 2. The van der Waals surface area contributed by atoms with Gasteiger partial charge in [-0.3, -0.25) is 14.9 Å². The number of carbonyl (C=O) groups excluding carboxylic acids is 2. The first-order chi connectivity index (χ1) is 18.4. The van der Waals surface area contributed by atoms with Crippen LogP contribution < -0.4 is 15.4 Å². The predicted octanol–water partition coefficient (Wildman–Crippen LogP) is 4.83. The summed E-state index contributed by atoms with van der Waals surface area (Å²) in [5.41, 5.74) is 0.101. The Morgan fingerprint density at radius 1 is 1.00 bits per heavy atom. The summed E-state index contributed by atoms with van der Waals surface area (Å²) in [5, 5.41) is 25.9. The molecule has 0 heterocycles. The summed E-state index contributed by atoms with van der Waals surface area (Å²) in [6.45, 7) is 5.88. The van der Waals surface area contributed by atoms with Gasteiger partial charge >= 0.3 is 12.1 Å². The topological polar surface area (TPSA) is 157 Å². The first-order valence-electron chi connectivity index (χ1n) is 12.9. The number of nitrogens with zero attached hydrogens (tertiary/aromatic N) is 1. The van der Waals surface area contributed by atoms with Gasteiger partial charge in [0.1, 0.15) is 23.1 Å². The van der Waals surface area contributed by atoms with E-state index in [1.165, 1.54) is 24.3 Å². The SMILES string of the molecule is CC(C)(C)OC(=O)NCC1CCC(C(=O)N[C@@H](Cc2ccc(Oc3ccc([N+](=O)[O-])cc3)cc2)C(=O)O)CC1. The molecule has 1 aliphatic carbocycles. The van der Waals surface area contributed by atoms with Crippen molar-refractivity contribution in [2.45, 2.75) is 64.5 Å². The maximum atomic E-state index is 12.8. The number of ether oxygens (including phenoxy) is 2. The molecule has 1 atom stereocenters. The van der Waals surface area contributed by atoms with E-state index in [2.05, 4.69) is 10.6 Å². The number of carbonyl (C=O) groups is 3. The highest BCUT2D eigenvalue weighted by atomic mass is 16.6. The van der Waals surface area contributed by atoms with E-state index in [4.69, 9.17) is 9.47 Å². The number of hydrogen-bond donors (Lipinski definition) is 3. The van der Waals surface area contributed by atoms with Crippen LogP contribution >= 0.6 is 0 Å². The van der Waals surface area contributed by atoms with E-state index in [0.29, 0.717) is 36.4 Å². The average molecular weight is 542 g/mol. The van der Waals surface area contributed by atoms with E-state index in [1.807, 2.05) is 0 Å². The molecule has 1 saturated carbocycles. The quantitative estimate of drug-likeness (QED) is 0.285. The van der Waals surface area contributed by atoms with Crippen molar-refractivity contribution >= 4 is 23.7 Å². The Labute approximate surface area is 227 Å². The van der Waals surface area contributed by atoms with E-state index in [0.717, 1.165) is 12.8 Å². The van der Waals surface area contributed by atoms with Gasteiger partial charge < -0.3 is 25.2 Å². The number of aliphatic carboxylic acids is 1. The molecule has 2 aromatic carbocycles. The number of hydrogen-bond acceptors (Lipinski definition) is 7. The van der Waals surface area contributed by atoms with Gasteiger partial charge in [0, 0.05) is 31.0 Å². The molecule has 3 rings (SSSR count). The van der Waals surface area contributed by atoms with E-state index in [1.54, 1.807) is 45.0 Å². The van der Waals surface area contributed by atoms with Gasteiger partial charge in [0.15, 0.2) is 0 Å². The van der Waals surface area contributed by atoms with Crippen LogP contribution in [0.2, 0.25) is 0 Å². The van der Waals surface area contributed by atoms with Crippen molar-refractivity contribution in [1.82, 2.24) is 10.6 Å². The Kier molecular flexibility index (Phi) is 9.86. The maximum Gasteiger partial charge on any atom is 0.407 e. The zero-order valence-corrected chi connectivity index (χ0v) is 22.3. The van der Waals surface area contributed by atoms with Crippen molar-refractivity contribution in [2.75, 3.05) is 6.54 Å². The van der Waals surface area contributed by atoms with Gasteiger partial charge in [0.2, 0.25) is 5.91 Å². The Hall–Kier alpha value is -4.15. The molecule has 0 aromatic heterocycles. The zero-order valence-electron chi connectivity index (χ0n) is 22.3. The summed E-state index contributed by atoms with van der Waals surface area (Å²) in [5.74, 6) is -0.518. The molecule has 2 aromatic rings. The Morgan fingerprint density at radius 2 is 1.56 bits per heavy atom. The number of nitro groups is 1. The molecule has 2 amide bonds. The fourth-order valence-corrected chi connectivity index (χ4v) is 4.36. The van der Waals surface area contributed by atoms with Crippen LogP contribution in [-0.2, 0) is 20.7 Å². The van der Waals surface area contributed by atoms with Gasteiger partial charge in [-0.25, -0.2) is 9.59 Å². The summed E-state index contributed by atoms with van der Waals surface area (Å²) in [6.07, 6.45) is 2.39. The molecule has 0 spiro atoms. The number of carboxylic acid groups (broad SMARTS) is 1. The molecule has 0 saturated heterocycles. The van der Waals surface area contributed by atoms with Crippen LogP contribution in [0.5, 0.6) is 11.5 Å². The molecule has 39 heavy (non-hydrogen) atoms. The minimum Gasteiger partial charge on any atom is -0.480 e. The van der Waals surface area contributed by atoms with Crippen LogP contribution in [0.15, 0.2) is 48.5 Å². The van der Waals surface area contributed by atoms with Crippen molar-refractivity contribution in [1.29, 1.82) is 0 Å². The smallest absolute Gasteiger partial charge is 0.407 e. The number of non-ortho nitro benzene ring substituents is 1. The van der Waals surface area contributed by atoms with Crippen LogP contribution in [-0.4, -0.2) is 46.2 Å². The normalized spacial score (nSPS) is 17.9.